The van der Waals surface area contributed by atoms with Gasteiger partial charge >= 0.3 is 0 Å². The van der Waals surface area contributed by atoms with Gasteiger partial charge in [0.05, 0.1) is 20.6 Å². The summed E-state index contributed by atoms with van der Waals surface area (Å²) in [6.45, 7) is 4.16. The van der Waals surface area contributed by atoms with Crippen molar-refractivity contribution in [1.82, 2.24) is 0 Å². The fraction of sp³-hybridized carbons (Fsp3) is 0.682. The number of hydrogen-bond acceptors (Lipinski definition) is 2. The van der Waals surface area contributed by atoms with Crippen molar-refractivity contribution < 1.29 is 9.69 Å². The summed E-state index contributed by atoms with van der Waals surface area (Å²) in [7, 11) is 4.45. The molecule has 1 N–H and O–H groups in total. The third-order valence-corrected chi connectivity index (χ3v) is 4.92. The van der Waals surface area contributed by atoms with Crippen LogP contribution in [0.5, 0.6) is 0 Å². The highest BCUT2D eigenvalue weighted by Gasteiger charge is 2.19. The number of likely N-dealkylation sites (N-methyl/N-ethyl adjacent to an activating group) is 1. The average Bonchev–Trinajstić information content (AvgIpc) is 2.62. The Morgan fingerprint density at radius 3 is 1.88 bits per heavy atom. The number of oxime groups is 1. The van der Waals surface area contributed by atoms with Gasteiger partial charge in [0.1, 0.15) is 12.3 Å². The molecule has 0 aromatic heterocycles. The lowest BCUT2D eigenvalue weighted by molar-refractivity contribution is -0.881. The number of benzene rings is 1. The van der Waals surface area contributed by atoms with Crippen molar-refractivity contribution >= 4 is 5.71 Å². The van der Waals surface area contributed by atoms with E-state index in [0.717, 1.165) is 28.8 Å². The van der Waals surface area contributed by atoms with Gasteiger partial charge < -0.3 is 9.69 Å². The molecule has 0 aliphatic carbocycles. The van der Waals surface area contributed by atoms with Crippen LogP contribution in [0.4, 0.5) is 0 Å². The molecule has 0 aliphatic rings. The Labute approximate surface area is 155 Å². The van der Waals surface area contributed by atoms with Gasteiger partial charge in [-0.1, -0.05) is 93.8 Å². The summed E-state index contributed by atoms with van der Waals surface area (Å²) in [6, 6.07) is 9.99. The molecule has 3 nitrogen and oxygen atoms in total. The third kappa shape index (κ3) is 10.3. The Bertz CT molecular complexity index is 468. The largest absolute Gasteiger partial charge is 0.410 e. The minimum absolute atomic E-state index is 0.762. The fourth-order valence-corrected chi connectivity index (χ4v) is 3.32. The zero-order valence-corrected chi connectivity index (χ0v) is 16.7. The normalized spacial score (nSPS) is 12.5. The van der Waals surface area contributed by atoms with Gasteiger partial charge in [0, 0.05) is 5.56 Å². The van der Waals surface area contributed by atoms with E-state index in [0.29, 0.717) is 0 Å². The van der Waals surface area contributed by atoms with Gasteiger partial charge in [-0.25, -0.2) is 0 Å². The second-order valence-electron chi connectivity index (χ2n) is 7.91. The zero-order valence-electron chi connectivity index (χ0n) is 16.7. The molecule has 1 aromatic rings. The molecule has 1 aromatic carbocycles. The Kier molecular flexibility index (Phi) is 11.2. The van der Waals surface area contributed by atoms with Gasteiger partial charge in [0.2, 0.25) is 0 Å². The summed E-state index contributed by atoms with van der Waals surface area (Å²) >= 11 is 0. The number of unbranched alkanes of at least 4 members (excludes halogenated alkanes) is 9. The standard InChI is InChI=1S/C22H38N2O/c1-4-5-6-7-8-9-10-11-12-16-19-24(2,3)20-22(23-25)21-17-14-13-15-18-21/h13-15,17-18H,4-12,16,19-20H2,1-3H3/p+1/b23-22+. The first kappa shape index (κ1) is 21.7. The predicted molar refractivity (Wildman–Crippen MR) is 108 cm³/mol. The van der Waals surface area contributed by atoms with E-state index in [1.165, 1.54) is 64.2 Å². The van der Waals surface area contributed by atoms with Crippen LogP contribution in [0.1, 0.15) is 76.7 Å². The lowest BCUT2D eigenvalue weighted by Gasteiger charge is -2.30. The van der Waals surface area contributed by atoms with Crippen molar-refractivity contribution in [3.05, 3.63) is 35.9 Å². The van der Waals surface area contributed by atoms with E-state index < -0.39 is 0 Å². The van der Waals surface area contributed by atoms with Crippen molar-refractivity contribution in [3.8, 4) is 0 Å². The molecule has 1 rings (SSSR count). The fourth-order valence-electron chi connectivity index (χ4n) is 3.32. The van der Waals surface area contributed by atoms with E-state index in [4.69, 9.17) is 0 Å². The first-order valence-corrected chi connectivity index (χ1v) is 10.2. The van der Waals surface area contributed by atoms with E-state index in [1.54, 1.807) is 0 Å². The molecule has 25 heavy (non-hydrogen) atoms. The molecule has 0 atom stereocenters. The van der Waals surface area contributed by atoms with Crippen LogP contribution >= 0.6 is 0 Å². The first-order valence-electron chi connectivity index (χ1n) is 10.2. The van der Waals surface area contributed by atoms with Crippen molar-refractivity contribution in [2.75, 3.05) is 27.2 Å². The van der Waals surface area contributed by atoms with Crippen LogP contribution in [0.2, 0.25) is 0 Å². The molecule has 142 valence electrons. The summed E-state index contributed by atoms with van der Waals surface area (Å²) < 4.78 is 0.866. The zero-order chi connectivity index (χ0) is 18.4. The first-order chi connectivity index (χ1) is 12.1. The predicted octanol–water partition coefficient (Wildman–Crippen LogP) is 5.86. The molecule has 0 aliphatic heterocycles. The molecular formula is C22H39N2O+. The average molecular weight is 348 g/mol. The van der Waals surface area contributed by atoms with Gasteiger partial charge in [-0.15, -0.1) is 0 Å². The van der Waals surface area contributed by atoms with Crippen molar-refractivity contribution in [3.63, 3.8) is 0 Å². The molecule has 3 heteroatoms. The van der Waals surface area contributed by atoms with Crippen LogP contribution in [0.25, 0.3) is 0 Å². The highest BCUT2D eigenvalue weighted by atomic mass is 16.4. The molecule has 0 bridgehead atoms. The molecule has 0 fully saturated rings. The molecule has 0 heterocycles. The Hall–Kier alpha value is -1.35. The van der Waals surface area contributed by atoms with Gasteiger partial charge in [0.15, 0.2) is 0 Å². The highest BCUT2D eigenvalue weighted by molar-refractivity contribution is 6.01. The monoisotopic (exact) mass is 347 g/mol. The summed E-state index contributed by atoms with van der Waals surface area (Å²) in [5, 5.41) is 12.9. The maximum Gasteiger partial charge on any atom is 0.141 e. The second kappa shape index (κ2) is 12.9. The van der Waals surface area contributed by atoms with Crippen LogP contribution in [-0.4, -0.2) is 42.6 Å². The second-order valence-corrected chi connectivity index (χ2v) is 7.91. The molecule has 0 radical (unpaired) electrons. The molecular weight excluding hydrogens is 308 g/mol. The van der Waals surface area contributed by atoms with Crippen molar-refractivity contribution in [1.29, 1.82) is 0 Å². The van der Waals surface area contributed by atoms with Crippen molar-refractivity contribution in [2.45, 2.75) is 71.1 Å². The molecule has 0 saturated heterocycles. The van der Waals surface area contributed by atoms with Crippen LogP contribution in [0.15, 0.2) is 35.5 Å². The smallest absolute Gasteiger partial charge is 0.141 e. The summed E-state index contributed by atoms with van der Waals surface area (Å²) in [5.74, 6) is 0. The summed E-state index contributed by atoms with van der Waals surface area (Å²) in [4.78, 5) is 0. The maximum absolute atomic E-state index is 9.37. The molecule has 0 unspecified atom stereocenters. The number of quaternary nitrogens is 1. The maximum atomic E-state index is 9.37. The summed E-state index contributed by atoms with van der Waals surface area (Å²) in [5.41, 5.74) is 1.79. The highest BCUT2D eigenvalue weighted by Crippen LogP contribution is 2.12. The van der Waals surface area contributed by atoms with Gasteiger partial charge in [0.25, 0.3) is 0 Å². The van der Waals surface area contributed by atoms with Crippen LogP contribution in [0, 0.1) is 0 Å². The van der Waals surface area contributed by atoms with E-state index in [-0.39, 0.29) is 0 Å². The molecule has 0 spiro atoms. The number of hydrogen-bond donors (Lipinski definition) is 1. The minimum Gasteiger partial charge on any atom is -0.410 e. The molecule has 0 amide bonds. The van der Waals surface area contributed by atoms with Crippen LogP contribution in [-0.2, 0) is 0 Å². The Morgan fingerprint density at radius 2 is 1.36 bits per heavy atom. The quantitative estimate of drug-likeness (QED) is 0.148. The van der Waals surface area contributed by atoms with Gasteiger partial charge in [-0.05, 0) is 12.8 Å². The van der Waals surface area contributed by atoms with Crippen molar-refractivity contribution in [2.24, 2.45) is 5.16 Å². The lowest BCUT2D eigenvalue weighted by atomic mass is 10.1. The van der Waals surface area contributed by atoms with E-state index in [1.807, 2.05) is 30.3 Å². The minimum atomic E-state index is 0.762. The van der Waals surface area contributed by atoms with Crippen LogP contribution in [0.3, 0.4) is 0 Å². The van der Waals surface area contributed by atoms with Gasteiger partial charge in [-0.3, -0.25) is 0 Å². The van der Waals surface area contributed by atoms with Crippen LogP contribution < -0.4 is 0 Å². The van der Waals surface area contributed by atoms with E-state index in [2.05, 4.69) is 26.2 Å². The topological polar surface area (TPSA) is 32.6 Å². The third-order valence-electron chi connectivity index (χ3n) is 4.92. The number of rotatable bonds is 14. The van der Waals surface area contributed by atoms with Gasteiger partial charge in [-0.2, -0.15) is 0 Å². The number of nitrogens with zero attached hydrogens (tertiary/aromatic N) is 2. The Morgan fingerprint density at radius 1 is 0.840 bits per heavy atom. The SMILES string of the molecule is CCCCCCCCCCCC[N+](C)(C)C/C(=N\O)c1ccccc1. The lowest BCUT2D eigenvalue weighted by Crippen LogP contribution is -2.44. The summed E-state index contributed by atoms with van der Waals surface area (Å²) in [6.07, 6.45) is 13.7. The van der Waals surface area contributed by atoms with E-state index in [9.17, 15) is 5.21 Å². The molecule has 0 saturated carbocycles. The Balaban J connectivity index is 2.16. The van der Waals surface area contributed by atoms with E-state index >= 15 is 0 Å².